The number of hydrogen-bond acceptors (Lipinski definition) is 3. The van der Waals surface area contributed by atoms with Gasteiger partial charge in [-0.05, 0) is 76.9 Å². The molecule has 34 heavy (non-hydrogen) atoms. The first kappa shape index (κ1) is 19.1. The molecule has 0 atom stereocenters. The zero-order valence-corrected chi connectivity index (χ0v) is 18.9. The Morgan fingerprint density at radius 2 is 1.18 bits per heavy atom. The van der Waals surface area contributed by atoms with Crippen LogP contribution in [0.5, 0.6) is 0 Å². The van der Waals surface area contributed by atoms with E-state index in [4.69, 9.17) is 4.42 Å². The van der Waals surface area contributed by atoms with Crippen molar-refractivity contribution in [3.05, 3.63) is 109 Å². The smallest absolute Gasteiger partial charge is 0.135 e. The second kappa shape index (κ2) is 7.31. The highest BCUT2D eigenvalue weighted by molar-refractivity contribution is 7.25. The fraction of sp³-hybridized carbons (Fsp3) is 0. The summed E-state index contributed by atoms with van der Waals surface area (Å²) in [5.74, 6) is 0. The molecule has 7 rings (SSSR count). The van der Waals surface area contributed by atoms with E-state index in [1.165, 1.54) is 37.0 Å². The molecule has 0 aliphatic carbocycles. The summed E-state index contributed by atoms with van der Waals surface area (Å²) in [6.07, 6.45) is 0. The molecule has 0 saturated heterocycles. The normalized spacial score (nSPS) is 11.5. The van der Waals surface area contributed by atoms with Crippen molar-refractivity contribution in [2.75, 3.05) is 0 Å². The third kappa shape index (κ3) is 2.94. The van der Waals surface area contributed by atoms with Crippen molar-refractivity contribution in [2.24, 2.45) is 0 Å². The summed E-state index contributed by atoms with van der Waals surface area (Å²) in [5.41, 5.74) is 7.21. The van der Waals surface area contributed by atoms with Crippen LogP contribution in [-0.4, -0.2) is 0 Å². The minimum atomic E-state index is 0.696. The van der Waals surface area contributed by atoms with Gasteiger partial charge in [0.25, 0.3) is 0 Å². The zero-order valence-electron chi connectivity index (χ0n) is 18.1. The van der Waals surface area contributed by atoms with E-state index >= 15 is 0 Å². The maximum absolute atomic E-state index is 9.34. The summed E-state index contributed by atoms with van der Waals surface area (Å²) in [6.45, 7) is 0. The molecule has 0 spiro atoms. The molecule has 2 heterocycles. The lowest BCUT2D eigenvalue weighted by molar-refractivity contribution is 0.669. The van der Waals surface area contributed by atoms with Crippen LogP contribution in [0.15, 0.2) is 108 Å². The van der Waals surface area contributed by atoms with E-state index in [9.17, 15) is 5.26 Å². The summed E-state index contributed by atoms with van der Waals surface area (Å²) < 4.78 is 8.45. The predicted octanol–water partition coefficient (Wildman–Crippen LogP) is 9.16. The van der Waals surface area contributed by atoms with Gasteiger partial charge >= 0.3 is 0 Å². The van der Waals surface area contributed by atoms with E-state index in [-0.39, 0.29) is 0 Å². The van der Waals surface area contributed by atoms with Crippen LogP contribution >= 0.6 is 11.3 Å². The van der Waals surface area contributed by atoms with Gasteiger partial charge in [0.15, 0.2) is 0 Å². The molecular weight excluding hydrogens is 434 g/mol. The highest BCUT2D eigenvalue weighted by Crippen LogP contribution is 2.38. The van der Waals surface area contributed by atoms with Gasteiger partial charge in [-0.15, -0.1) is 11.3 Å². The van der Waals surface area contributed by atoms with Crippen LogP contribution in [0.1, 0.15) is 5.56 Å². The van der Waals surface area contributed by atoms with Gasteiger partial charge in [0.1, 0.15) is 11.2 Å². The van der Waals surface area contributed by atoms with Crippen molar-refractivity contribution in [1.29, 1.82) is 5.26 Å². The van der Waals surface area contributed by atoms with E-state index < -0.39 is 0 Å². The van der Waals surface area contributed by atoms with Crippen LogP contribution in [0.2, 0.25) is 0 Å². The van der Waals surface area contributed by atoms with Crippen LogP contribution < -0.4 is 0 Å². The van der Waals surface area contributed by atoms with Crippen LogP contribution in [0, 0.1) is 11.3 Å². The summed E-state index contributed by atoms with van der Waals surface area (Å²) >= 11 is 1.77. The minimum absolute atomic E-state index is 0.696. The molecule has 0 unspecified atom stereocenters. The second-order valence-electron chi connectivity index (χ2n) is 8.53. The number of rotatable bonds is 2. The Kier molecular flexibility index (Phi) is 4.11. The zero-order chi connectivity index (χ0) is 22.6. The number of hydrogen-bond donors (Lipinski definition) is 0. The molecule has 7 aromatic rings. The van der Waals surface area contributed by atoms with Gasteiger partial charge in [-0.1, -0.05) is 48.5 Å². The summed E-state index contributed by atoms with van der Waals surface area (Å²) in [7, 11) is 0. The maximum atomic E-state index is 9.34. The summed E-state index contributed by atoms with van der Waals surface area (Å²) in [6, 6.07) is 38.1. The van der Waals surface area contributed by atoms with Gasteiger partial charge in [-0.3, -0.25) is 0 Å². The van der Waals surface area contributed by atoms with Gasteiger partial charge in [-0.2, -0.15) is 5.26 Å². The molecule has 0 fully saturated rings. The lowest BCUT2D eigenvalue weighted by Gasteiger charge is -2.07. The minimum Gasteiger partial charge on any atom is -0.456 e. The molecule has 0 aliphatic rings. The molecule has 0 radical (unpaired) electrons. The van der Waals surface area contributed by atoms with Crippen molar-refractivity contribution in [2.45, 2.75) is 0 Å². The van der Waals surface area contributed by atoms with Crippen molar-refractivity contribution in [1.82, 2.24) is 0 Å². The molecular formula is C31H17NOS. The average Bonchev–Trinajstić information content (AvgIpc) is 3.45. The third-order valence-corrected chi connectivity index (χ3v) is 7.66. The fourth-order valence-corrected chi connectivity index (χ4v) is 5.88. The van der Waals surface area contributed by atoms with Crippen LogP contribution in [0.4, 0.5) is 0 Å². The number of fused-ring (bicyclic) bond motifs is 6. The molecule has 0 N–H and O–H groups in total. The lowest BCUT2D eigenvalue weighted by Crippen LogP contribution is -1.82. The molecule has 3 heteroatoms. The number of nitrogens with zero attached hydrogens (tertiary/aromatic N) is 1. The Morgan fingerprint density at radius 3 is 2.00 bits per heavy atom. The van der Waals surface area contributed by atoms with E-state index in [1.807, 2.05) is 24.3 Å². The standard InChI is InChI=1S/C31H17NOS/c32-18-19-8-12-30-26(14-19)27-17-23(10-13-31(27)34-30)21-5-3-4-20(15-21)22-9-11-29-25(16-22)24-6-1-2-7-28(24)33-29/h1-17H. The first-order valence-electron chi connectivity index (χ1n) is 11.2. The molecule has 0 amide bonds. The summed E-state index contributed by atoms with van der Waals surface area (Å²) in [4.78, 5) is 0. The molecule has 0 saturated carbocycles. The number of para-hydroxylation sites is 1. The highest BCUT2D eigenvalue weighted by atomic mass is 32.1. The van der Waals surface area contributed by atoms with E-state index in [0.29, 0.717) is 5.56 Å². The van der Waals surface area contributed by atoms with Crippen LogP contribution in [0.25, 0.3) is 64.4 Å². The van der Waals surface area contributed by atoms with Gasteiger partial charge < -0.3 is 4.42 Å². The number of thiophene rings is 1. The number of benzene rings is 5. The van der Waals surface area contributed by atoms with Crippen molar-refractivity contribution in [3.8, 4) is 28.3 Å². The Bertz CT molecular complexity index is 1930. The van der Waals surface area contributed by atoms with Crippen molar-refractivity contribution < 1.29 is 4.42 Å². The van der Waals surface area contributed by atoms with Crippen LogP contribution in [0.3, 0.4) is 0 Å². The number of nitriles is 1. The predicted molar refractivity (Wildman–Crippen MR) is 142 cm³/mol. The maximum Gasteiger partial charge on any atom is 0.135 e. The average molecular weight is 452 g/mol. The molecule has 158 valence electrons. The van der Waals surface area contributed by atoms with Gasteiger partial charge in [0.05, 0.1) is 11.6 Å². The summed E-state index contributed by atoms with van der Waals surface area (Å²) in [5, 5.41) is 14.0. The topological polar surface area (TPSA) is 36.9 Å². The fourth-order valence-electron chi connectivity index (χ4n) is 4.81. The quantitative estimate of drug-likeness (QED) is 0.263. The highest BCUT2D eigenvalue weighted by Gasteiger charge is 2.11. The van der Waals surface area contributed by atoms with Gasteiger partial charge in [0, 0.05) is 30.9 Å². The lowest BCUT2D eigenvalue weighted by atomic mass is 9.97. The second-order valence-corrected chi connectivity index (χ2v) is 9.61. The first-order valence-corrected chi connectivity index (χ1v) is 12.0. The monoisotopic (exact) mass is 451 g/mol. The first-order chi connectivity index (χ1) is 16.8. The molecule has 2 aromatic heterocycles. The largest absolute Gasteiger partial charge is 0.456 e. The van der Waals surface area contributed by atoms with Gasteiger partial charge in [0.2, 0.25) is 0 Å². The van der Waals surface area contributed by atoms with E-state index in [2.05, 4.69) is 84.9 Å². The van der Waals surface area contributed by atoms with Crippen LogP contribution in [-0.2, 0) is 0 Å². The molecule has 5 aromatic carbocycles. The van der Waals surface area contributed by atoms with Gasteiger partial charge in [-0.25, -0.2) is 0 Å². The Labute approximate surface area is 199 Å². The third-order valence-electron chi connectivity index (χ3n) is 6.50. The molecule has 2 nitrogen and oxygen atoms in total. The molecule has 0 bridgehead atoms. The number of furan rings is 1. The van der Waals surface area contributed by atoms with Crippen molar-refractivity contribution in [3.63, 3.8) is 0 Å². The van der Waals surface area contributed by atoms with Crippen molar-refractivity contribution >= 4 is 53.4 Å². The Hall–Kier alpha value is -4.39. The Morgan fingerprint density at radius 1 is 0.529 bits per heavy atom. The van der Waals surface area contributed by atoms with E-state index in [1.54, 1.807) is 11.3 Å². The molecule has 0 aliphatic heterocycles. The SMILES string of the molecule is N#Cc1ccc2sc3ccc(-c4cccc(-c5ccc6oc7ccccc7c6c5)c4)cc3c2c1. The van der Waals surface area contributed by atoms with E-state index in [0.717, 1.165) is 27.3 Å². The Balaban J connectivity index is 1.36.